The molecule has 4 nitrogen and oxygen atoms in total. The molecule has 72 valence electrons. The molecule has 1 rings (SSSR count). The van der Waals surface area contributed by atoms with Gasteiger partial charge in [-0.2, -0.15) is 5.10 Å². The average Bonchev–Trinajstić information content (AvgIpc) is 2.42. The first kappa shape index (κ1) is 10.5. The fourth-order valence-electron chi connectivity index (χ4n) is 0.883. The summed E-state index contributed by atoms with van der Waals surface area (Å²) >= 11 is 8.71. The van der Waals surface area contributed by atoms with Crippen molar-refractivity contribution in [1.29, 1.82) is 0 Å². The number of hydrogen-bond acceptors (Lipinski definition) is 2. The third-order valence-corrected chi connectivity index (χ3v) is 2.36. The maximum Gasteiger partial charge on any atom is 0.242 e. The quantitative estimate of drug-likeness (QED) is 0.759. The first-order chi connectivity index (χ1) is 6.06. The molecule has 1 heterocycles. The summed E-state index contributed by atoms with van der Waals surface area (Å²) in [7, 11) is 3.42. The Bertz CT molecular complexity index is 326. The minimum absolute atomic E-state index is 0.0421. The van der Waals surface area contributed by atoms with Crippen molar-refractivity contribution >= 4 is 39.3 Å². The zero-order valence-corrected chi connectivity index (χ0v) is 9.63. The van der Waals surface area contributed by atoms with Crippen molar-refractivity contribution in [3.05, 3.63) is 10.7 Å². The first-order valence-electron chi connectivity index (χ1n) is 3.58. The van der Waals surface area contributed by atoms with E-state index in [4.69, 9.17) is 11.6 Å². The molecule has 0 spiro atoms. The molecule has 0 saturated heterocycles. The fraction of sp³-hybridized carbons (Fsp3) is 0.429. The van der Waals surface area contributed by atoms with E-state index in [0.717, 1.165) is 4.47 Å². The normalized spacial score (nSPS) is 10.2. The summed E-state index contributed by atoms with van der Waals surface area (Å²) in [6.45, 7) is 0. The Balaban J connectivity index is 2.94. The maximum atomic E-state index is 11.2. The summed E-state index contributed by atoms with van der Waals surface area (Å²) in [5.41, 5.74) is 0. The van der Waals surface area contributed by atoms with Crippen LogP contribution in [0.15, 0.2) is 10.7 Å². The molecule has 1 aromatic heterocycles. The lowest BCUT2D eigenvalue weighted by Gasteiger charge is -2.12. The van der Waals surface area contributed by atoms with Crippen LogP contribution in [-0.2, 0) is 11.8 Å². The number of aryl methyl sites for hydroxylation is 1. The minimum atomic E-state index is -0.180. The van der Waals surface area contributed by atoms with Crippen LogP contribution in [0.5, 0.6) is 0 Å². The Kier molecular flexibility index (Phi) is 3.33. The topological polar surface area (TPSA) is 38.1 Å². The van der Waals surface area contributed by atoms with Gasteiger partial charge in [0, 0.05) is 20.3 Å². The lowest BCUT2D eigenvalue weighted by molar-refractivity contribution is -0.116. The summed E-state index contributed by atoms with van der Waals surface area (Å²) < 4.78 is 2.40. The number of alkyl halides is 1. The van der Waals surface area contributed by atoms with Gasteiger partial charge in [-0.05, 0) is 15.9 Å². The molecule has 0 unspecified atom stereocenters. The summed E-state index contributed by atoms with van der Waals surface area (Å²) in [4.78, 5) is 12.6. The third-order valence-electron chi connectivity index (χ3n) is 1.57. The number of amides is 1. The molecule has 0 bridgehead atoms. The number of carbonyl (C=O) groups excluding carboxylic acids is 1. The second-order valence-corrected chi connectivity index (χ2v) is 3.68. The van der Waals surface area contributed by atoms with Gasteiger partial charge >= 0.3 is 0 Å². The molecule has 0 aromatic carbocycles. The van der Waals surface area contributed by atoms with Gasteiger partial charge in [-0.3, -0.25) is 14.4 Å². The second kappa shape index (κ2) is 4.11. The molecule has 0 atom stereocenters. The van der Waals surface area contributed by atoms with Crippen LogP contribution in [0, 0.1) is 0 Å². The molecule has 0 aliphatic heterocycles. The molecule has 1 amide bonds. The van der Waals surface area contributed by atoms with Crippen molar-refractivity contribution in [3.63, 3.8) is 0 Å². The highest BCUT2D eigenvalue weighted by molar-refractivity contribution is 9.10. The van der Waals surface area contributed by atoms with Crippen LogP contribution in [-0.4, -0.2) is 28.6 Å². The Morgan fingerprint density at radius 1 is 1.85 bits per heavy atom. The van der Waals surface area contributed by atoms with E-state index in [9.17, 15) is 4.79 Å². The number of carbonyl (C=O) groups is 1. The standard InChI is InChI=1S/C7H9BrClN3O/c1-11-4-5(8)7(10-11)12(2)6(13)3-9/h4H,3H2,1-2H3. The van der Waals surface area contributed by atoms with Gasteiger partial charge < -0.3 is 0 Å². The Labute approximate surface area is 89.6 Å². The minimum Gasteiger partial charge on any atom is -0.296 e. The highest BCUT2D eigenvalue weighted by Gasteiger charge is 2.15. The van der Waals surface area contributed by atoms with E-state index in [-0.39, 0.29) is 11.8 Å². The van der Waals surface area contributed by atoms with Crippen LogP contribution in [0.1, 0.15) is 0 Å². The predicted molar refractivity (Wildman–Crippen MR) is 55.0 cm³/mol. The van der Waals surface area contributed by atoms with Gasteiger partial charge in [0.1, 0.15) is 5.88 Å². The zero-order valence-electron chi connectivity index (χ0n) is 7.29. The number of hydrogen-bond donors (Lipinski definition) is 0. The van der Waals surface area contributed by atoms with Gasteiger partial charge in [-0.1, -0.05) is 0 Å². The van der Waals surface area contributed by atoms with Gasteiger partial charge in [-0.25, -0.2) is 0 Å². The van der Waals surface area contributed by atoms with Crippen LogP contribution < -0.4 is 4.90 Å². The van der Waals surface area contributed by atoms with Crippen LogP contribution in [0.4, 0.5) is 5.82 Å². The summed E-state index contributed by atoms with van der Waals surface area (Å²) in [6.07, 6.45) is 1.77. The molecule has 13 heavy (non-hydrogen) atoms. The van der Waals surface area contributed by atoms with Gasteiger partial charge in [0.2, 0.25) is 5.91 Å². The number of rotatable bonds is 2. The van der Waals surface area contributed by atoms with Crippen molar-refractivity contribution in [1.82, 2.24) is 9.78 Å². The van der Waals surface area contributed by atoms with E-state index in [1.807, 2.05) is 0 Å². The van der Waals surface area contributed by atoms with Crippen molar-refractivity contribution in [3.8, 4) is 0 Å². The lowest BCUT2D eigenvalue weighted by atomic mass is 10.5. The van der Waals surface area contributed by atoms with Gasteiger partial charge in [0.15, 0.2) is 5.82 Å². The SMILES string of the molecule is CN(C(=O)CCl)c1nn(C)cc1Br. The predicted octanol–water partition coefficient (Wildman–Crippen LogP) is 1.38. The molecule has 0 aliphatic carbocycles. The van der Waals surface area contributed by atoms with Crippen molar-refractivity contribution in [2.24, 2.45) is 7.05 Å². The van der Waals surface area contributed by atoms with Crippen molar-refractivity contribution in [2.75, 3.05) is 17.8 Å². The fourth-order valence-corrected chi connectivity index (χ4v) is 1.70. The highest BCUT2D eigenvalue weighted by Crippen LogP contribution is 2.22. The molecule has 0 N–H and O–H groups in total. The summed E-state index contributed by atoms with van der Waals surface area (Å²) in [6, 6.07) is 0. The van der Waals surface area contributed by atoms with Gasteiger partial charge in [0.25, 0.3) is 0 Å². The van der Waals surface area contributed by atoms with Crippen molar-refractivity contribution in [2.45, 2.75) is 0 Å². The number of anilines is 1. The number of aromatic nitrogens is 2. The number of halogens is 2. The van der Waals surface area contributed by atoms with E-state index in [2.05, 4.69) is 21.0 Å². The van der Waals surface area contributed by atoms with E-state index in [1.165, 1.54) is 4.90 Å². The molecule has 0 radical (unpaired) electrons. The van der Waals surface area contributed by atoms with Crippen LogP contribution in [0.25, 0.3) is 0 Å². The molecule has 0 saturated carbocycles. The van der Waals surface area contributed by atoms with Crippen LogP contribution in [0.2, 0.25) is 0 Å². The van der Waals surface area contributed by atoms with E-state index < -0.39 is 0 Å². The highest BCUT2D eigenvalue weighted by atomic mass is 79.9. The zero-order chi connectivity index (χ0) is 10.0. The Morgan fingerprint density at radius 2 is 2.46 bits per heavy atom. The van der Waals surface area contributed by atoms with Crippen LogP contribution in [0.3, 0.4) is 0 Å². The largest absolute Gasteiger partial charge is 0.296 e. The third kappa shape index (κ3) is 2.22. The summed E-state index contributed by atoms with van der Waals surface area (Å²) in [5.74, 6) is 0.355. The van der Waals surface area contributed by atoms with Crippen molar-refractivity contribution < 1.29 is 4.79 Å². The number of nitrogens with zero attached hydrogens (tertiary/aromatic N) is 3. The molecule has 6 heteroatoms. The van der Waals surface area contributed by atoms with E-state index in [1.54, 1.807) is 25.0 Å². The van der Waals surface area contributed by atoms with Gasteiger partial charge in [0.05, 0.1) is 4.47 Å². The second-order valence-electron chi connectivity index (χ2n) is 2.56. The summed E-state index contributed by atoms with van der Waals surface area (Å²) in [5, 5.41) is 4.10. The molecule has 0 fully saturated rings. The van der Waals surface area contributed by atoms with Gasteiger partial charge in [-0.15, -0.1) is 11.6 Å². The molecular formula is C7H9BrClN3O. The lowest BCUT2D eigenvalue weighted by Crippen LogP contribution is -2.27. The smallest absolute Gasteiger partial charge is 0.242 e. The van der Waals surface area contributed by atoms with E-state index >= 15 is 0 Å². The molecular weight excluding hydrogens is 257 g/mol. The Morgan fingerprint density at radius 3 is 2.85 bits per heavy atom. The van der Waals surface area contributed by atoms with Crippen LogP contribution >= 0.6 is 27.5 Å². The average molecular weight is 267 g/mol. The first-order valence-corrected chi connectivity index (χ1v) is 4.90. The molecule has 1 aromatic rings. The Hall–Kier alpha value is -0.550. The monoisotopic (exact) mass is 265 g/mol. The maximum absolute atomic E-state index is 11.2. The van der Waals surface area contributed by atoms with E-state index in [0.29, 0.717) is 5.82 Å². The molecule has 0 aliphatic rings.